The Hall–Kier alpha value is -0.560. The zero-order chi connectivity index (χ0) is 10.1. The van der Waals surface area contributed by atoms with Gasteiger partial charge in [-0.15, -0.1) is 0 Å². The summed E-state index contributed by atoms with van der Waals surface area (Å²) in [5.41, 5.74) is 1.82. The number of likely N-dealkylation sites (N-methyl/N-ethyl adjacent to an activating group) is 1. The first kappa shape index (κ1) is 10.5. The van der Waals surface area contributed by atoms with Crippen molar-refractivity contribution in [3.8, 4) is 0 Å². The van der Waals surface area contributed by atoms with Gasteiger partial charge in [-0.25, -0.2) is 0 Å². The summed E-state index contributed by atoms with van der Waals surface area (Å²) in [5, 5.41) is 0. The molecule has 74 valence electrons. The van der Waals surface area contributed by atoms with Crippen LogP contribution in [0.1, 0.15) is 27.2 Å². The maximum absolute atomic E-state index is 2.39. The zero-order valence-corrected chi connectivity index (χ0v) is 9.46. The van der Waals surface area contributed by atoms with Crippen molar-refractivity contribution in [1.29, 1.82) is 0 Å². The van der Waals surface area contributed by atoms with E-state index in [9.17, 15) is 0 Å². The molecule has 0 saturated heterocycles. The largest absolute Gasteiger partial charge is 0.300 e. The van der Waals surface area contributed by atoms with E-state index in [4.69, 9.17) is 0 Å². The maximum Gasteiger partial charge on any atom is 0.0458 e. The van der Waals surface area contributed by atoms with Gasteiger partial charge in [0.05, 0.1) is 0 Å². The minimum absolute atomic E-state index is 0.402. The van der Waals surface area contributed by atoms with Gasteiger partial charge < -0.3 is 0 Å². The second-order valence-corrected chi connectivity index (χ2v) is 3.94. The topological polar surface area (TPSA) is 3.24 Å². The van der Waals surface area contributed by atoms with Gasteiger partial charge in [0.1, 0.15) is 0 Å². The maximum atomic E-state index is 2.39. The standard InChI is InChI=1S/C10H15N.C2H6/c1-8-4-5-10(11(2)3)7-9(10)6-8;1-2/h4-6,9H,7H2,1-3H3;1-2H3. The summed E-state index contributed by atoms with van der Waals surface area (Å²) in [6, 6.07) is 0. The highest BCUT2D eigenvalue weighted by Gasteiger charge is 2.53. The Bertz CT molecular complexity index is 238. The Morgan fingerprint density at radius 1 is 1.38 bits per heavy atom. The smallest absolute Gasteiger partial charge is 0.0458 e. The van der Waals surface area contributed by atoms with E-state index in [2.05, 4.69) is 44.1 Å². The lowest BCUT2D eigenvalue weighted by Gasteiger charge is -2.23. The molecule has 1 fully saturated rings. The Morgan fingerprint density at radius 3 is 2.46 bits per heavy atom. The fourth-order valence-electron chi connectivity index (χ4n) is 2.00. The van der Waals surface area contributed by atoms with Crippen molar-refractivity contribution in [2.75, 3.05) is 14.1 Å². The van der Waals surface area contributed by atoms with E-state index >= 15 is 0 Å². The predicted molar refractivity (Wildman–Crippen MR) is 58.8 cm³/mol. The highest BCUT2D eigenvalue weighted by atomic mass is 15.2. The van der Waals surface area contributed by atoms with Crippen LogP contribution >= 0.6 is 0 Å². The number of rotatable bonds is 1. The molecule has 0 amide bonds. The van der Waals surface area contributed by atoms with E-state index in [1.54, 1.807) is 0 Å². The Morgan fingerprint density at radius 2 is 2.00 bits per heavy atom. The third-order valence-corrected chi connectivity index (χ3v) is 2.96. The Balaban J connectivity index is 0.000000396. The molecule has 0 aromatic rings. The van der Waals surface area contributed by atoms with Gasteiger partial charge in [-0.2, -0.15) is 0 Å². The van der Waals surface area contributed by atoms with Crippen molar-refractivity contribution >= 4 is 0 Å². The predicted octanol–water partition coefficient (Wildman–Crippen LogP) is 2.85. The van der Waals surface area contributed by atoms with Crippen molar-refractivity contribution in [3.05, 3.63) is 23.8 Å². The lowest BCUT2D eigenvalue weighted by Crippen LogP contribution is -2.30. The monoisotopic (exact) mass is 179 g/mol. The second kappa shape index (κ2) is 3.67. The molecule has 13 heavy (non-hydrogen) atoms. The molecule has 2 aliphatic rings. The molecule has 0 aliphatic heterocycles. The average Bonchev–Trinajstić information content (AvgIpc) is 2.83. The minimum atomic E-state index is 0.402. The molecule has 0 aromatic heterocycles. The third-order valence-electron chi connectivity index (χ3n) is 2.96. The van der Waals surface area contributed by atoms with Crippen molar-refractivity contribution in [3.63, 3.8) is 0 Å². The SMILES string of the molecule is CC.CC1=CC2CC2(N(C)C)C=C1. The molecule has 2 aliphatic carbocycles. The Kier molecular flexibility index (Phi) is 2.97. The number of allylic oxidation sites excluding steroid dienone is 2. The number of hydrogen-bond donors (Lipinski definition) is 0. The summed E-state index contributed by atoms with van der Waals surface area (Å²) in [4.78, 5) is 2.33. The van der Waals surface area contributed by atoms with Gasteiger partial charge in [-0.1, -0.05) is 37.6 Å². The fourth-order valence-corrected chi connectivity index (χ4v) is 2.00. The van der Waals surface area contributed by atoms with Gasteiger partial charge in [0.25, 0.3) is 0 Å². The molecular formula is C12H21N. The molecule has 1 nitrogen and oxygen atoms in total. The lowest BCUT2D eigenvalue weighted by molar-refractivity contribution is 0.311. The average molecular weight is 179 g/mol. The van der Waals surface area contributed by atoms with Crippen LogP contribution in [0, 0.1) is 5.92 Å². The van der Waals surface area contributed by atoms with Crippen molar-refractivity contribution in [2.24, 2.45) is 5.92 Å². The van der Waals surface area contributed by atoms with Gasteiger partial charge >= 0.3 is 0 Å². The van der Waals surface area contributed by atoms with Crippen LogP contribution in [0.5, 0.6) is 0 Å². The van der Waals surface area contributed by atoms with Crippen LogP contribution in [-0.4, -0.2) is 24.5 Å². The zero-order valence-electron chi connectivity index (χ0n) is 9.46. The highest BCUT2D eigenvalue weighted by molar-refractivity contribution is 5.38. The van der Waals surface area contributed by atoms with Crippen LogP contribution in [-0.2, 0) is 0 Å². The van der Waals surface area contributed by atoms with Gasteiger partial charge in [-0.3, -0.25) is 4.90 Å². The fraction of sp³-hybridized carbons (Fsp3) is 0.667. The first-order chi connectivity index (χ1) is 6.15. The number of hydrogen-bond acceptors (Lipinski definition) is 1. The van der Waals surface area contributed by atoms with E-state index < -0.39 is 0 Å². The van der Waals surface area contributed by atoms with Crippen molar-refractivity contribution < 1.29 is 0 Å². The summed E-state index contributed by atoms with van der Waals surface area (Å²) in [5.74, 6) is 0.794. The summed E-state index contributed by atoms with van der Waals surface area (Å²) in [6.45, 7) is 6.18. The molecular weight excluding hydrogens is 158 g/mol. The molecule has 0 spiro atoms. The molecule has 2 atom stereocenters. The molecule has 0 N–H and O–H groups in total. The molecule has 0 bridgehead atoms. The van der Waals surface area contributed by atoms with Crippen LogP contribution in [0.15, 0.2) is 23.8 Å². The lowest BCUT2D eigenvalue weighted by atomic mass is 10.0. The molecule has 2 unspecified atom stereocenters. The van der Waals surface area contributed by atoms with E-state index in [-0.39, 0.29) is 0 Å². The van der Waals surface area contributed by atoms with Crippen LogP contribution in [0.25, 0.3) is 0 Å². The first-order valence-electron chi connectivity index (χ1n) is 5.20. The van der Waals surface area contributed by atoms with Gasteiger partial charge in [0.2, 0.25) is 0 Å². The van der Waals surface area contributed by atoms with Crippen LogP contribution in [0.4, 0.5) is 0 Å². The quantitative estimate of drug-likeness (QED) is 0.598. The van der Waals surface area contributed by atoms with Crippen LogP contribution < -0.4 is 0 Å². The third kappa shape index (κ3) is 1.71. The summed E-state index contributed by atoms with van der Waals surface area (Å²) >= 11 is 0. The normalized spacial score (nSPS) is 34.6. The van der Waals surface area contributed by atoms with Crippen LogP contribution in [0.3, 0.4) is 0 Å². The van der Waals surface area contributed by atoms with Gasteiger partial charge in [0.15, 0.2) is 0 Å². The molecule has 0 aromatic carbocycles. The molecule has 2 rings (SSSR count). The summed E-state index contributed by atoms with van der Waals surface area (Å²) < 4.78 is 0. The van der Waals surface area contributed by atoms with Crippen molar-refractivity contribution in [1.82, 2.24) is 4.90 Å². The number of fused-ring (bicyclic) bond motifs is 1. The van der Waals surface area contributed by atoms with E-state index in [0.29, 0.717) is 5.54 Å². The van der Waals surface area contributed by atoms with Gasteiger partial charge in [-0.05, 0) is 27.4 Å². The molecule has 0 radical (unpaired) electrons. The number of nitrogens with zero attached hydrogens (tertiary/aromatic N) is 1. The first-order valence-corrected chi connectivity index (χ1v) is 5.20. The Labute approximate surface area is 82.1 Å². The summed E-state index contributed by atoms with van der Waals surface area (Å²) in [6.07, 6.45) is 8.30. The van der Waals surface area contributed by atoms with Crippen molar-refractivity contribution in [2.45, 2.75) is 32.7 Å². The second-order valence-electron chi connectivity index (χ2n) is 3.94. The summed E-state index contributed by atoms with van der Waals surface area (Å²) in [7, 11) is 4.33. The highest BCUT2D eigenvalue weighted by Crippen LogP contribution is 2.51. The van der Waals surface area contributed by atoms with Crippen LogP contribution in [0.2, 0.25) is 0 Å². The van der Waals surface area contributed by atoms with Gasteiger partial charge in [0, 0.05) is 11.5 Å². The minimum Gasteiger partial charge on any atom is -0.300 e. The van der Waals surface area contributed by atoms with E-state index in [1.807, 2.05) is 13.8 Å². The molecule has 1 saturated carbocycles. The van der Waals surface area contributed by atoms with E-state index in [1.165, 1.54) is 12.0 Å². The molecule has 1 heteroatoms. The van der Waals surface area contributed by atoms with E-state index in [0.717, 1.165) is 5.92 Å². The molecule has 0 heterocycles.